The molecule has 13 heavy (non-hydrogen) atoms. The summed E-state index contributed by atoms with van der Waals surface area (Å²) in [6.07, 6.45) is -0.857. The summed E-state index contributed by atoms with van der Waals surface area (Å²) in [5, 5.41) is 9.28. The second-order valence-electron chi connectivity index (χ2n) is 2.65. The predicted molar refractivity (Wildman–Crippen MR) is 51.3 cm³/mol. The van der Waals surface area contributed by atoms with Crippen molar-refractivity contribution in [3.05, 3.63) is 28.0 Å². The number of hydrogen-bond acceptors (Lipinski definition) is 2. The number of aliphatic hydroxyl groups is 1. The van der Waals surface area contributed by atoms with Crippen molar-refractivity contribution >= 4 is 15.9 Å². The zero-order chi connectivity index (χ0) is 10.0. The second kappa shape index (κ2) is 4.07. The Kier molecular flexibility index (Phi) is 3.27. The number of ether oxygens (including phenoxy) is 1. The molecule has 0 aliphatic rings. The van der Waals surface area contributed by atoms with Gasteiger partial charge >= 0.3 is 0 Å². The molecule has 0 spiro atoms. The monoisotopic (exact) mass is 248 g/mol. The molecule has 1 aromatic carbocycles. The molecule has 0 heterocycles. The maximum Gasteiger partial charge on any atom is 0.133 e. The zero-order valence-corrected chi connectivity index (χ0v) is 8.93. The molecule has 0 fully saturated rings. The van der Waals surface area contributed by atoms with E-state index in [0.717, 1.165) is 0 Å². The van der Waals surface area contributed by atoms with Gasteiger partial charge in [-0.15, -0.1) is 0 Å². The quantitative estimate of drug-likeness (QED) is 0.873. The van der Waals surface area contributed by atoms with Gasteiger partial charge in [-0.2, -0.15) is 0 Å². The highest BCUT2D eigenvalue weighted by Crippen LogP contribution is 2.33. The van der Waals surface area contributed by atoms with E-state index in [0.29, 0.717) is 10.2 Å². The van der Waals surface area contributed by atoms with Gasteiger partial charge in [0.15, 0.2) is 0 Å². The number of halogens is 2. The molecule has 1 atom stereocenters. The fourth-order valence-electron chi connectivity index (χ4n) is 1.09. The van der Waals surface area contributed by atoms with Gasteiger partial charge in [-0.25, -0.2) is 4.39 Å². The van der Waals surface area contributed by atoms with Crippen LogP contribution in [0.5, 0.6) is 5.75 Å². The van der Waals surface area contributed by atoms with Gasteiger partial charge in [0.05, 0.1) is 17.7 Å². The fourth-order valence-corrected chi connectivity index (χ4v) is 1.90. The first-order valence-corrected chi connectivity index (χ1v) is 4.57. The van der Waals surface area contributed by atoms with E-state index >= 15 is 0 Å². The Labute approximate surface area is 84.5 Å². The Balaban J connectivity index is 3.30. The maximum absolute atomic E-state index is 13.2. The Morgan fingerprint density at radius 2 is 2.15 bits per heavy atom. The zero-order valence-electron chi connectivity index (χ0n) is 7.34. The molecular weight excluding hydrogens is 239 g/mol. The average Bonchev–Trinajstić information content (AvgIpc) is 2.04. The number of rotatable bonds is 2. The van der Waals surface area contributed by atoms with Crippen LogP contribution < -0.4 is 4.74 Å². The van der Waals surface area contributed by atoms with Gasteiger partial charge in [0, 0.05) is 5.56 Å². The normalized spacial score (nSPS) is 12.7. The summed E-state index contributed by atoms with van der Waals surface area (Å²) in [7, 11) is 1.49. The van der Waals surface area contributed by atoms with Crippen molar-refractivity contribution in [1.29, 1.82) is 0 Å². The van der Waals surface area contributed by atoms with Crippen LogP contribution in [-0.4, -0.2) is 12.2 Å². The Hall–Kier alpha value is -0.610. The summed E-state index contributed by atoms with van der Waals surface area (Å²) in [6, 6.07) is 2.77. The molecule has 0 aliphatic carbocycles. The minimum atomic E-state index is -0.857. The SMILES string of the molecule is COc1ccc(F)c(C(C)O)c1Br. The van der Waals surface area contributed by atoms with Crippen LogP contribution >= 0.6 is 15.9 Å². The Morgan fingerprint density at radius 1 is 1.54 bits per heavy atom. The van der Waals surface area contributed by atoms with Gasteiger partial charge in [-0.1, -0.05) is 0 Å². The summed E-state index contributed by atoms with van der Waals surface area (Å²) in [5.41, 5.74) is 0.222. The third kappa shape index (κ3) is 2.00. The molecule has 1 N–H and O–H groups in total. The third-order valence-electron chi connectivity index (χ3n) is 1.73. The van der Waals surface area contributed by atoms with Crippen molar-refractivity contribution in [2.45, 2.75) is 13.0 Å². The molecule has 0 aromatic heterocycles. The van der Waals surface area contributed by atoms with Gasteiger partial charge in [0.25, 0.3) is 0 Å². The molecule has 0 saturated heterocycles. The largest absolute Gasteiger partial charge is 0.496 e. The number of aliphatic hydroxyl groups excluding tert-OH is 1. The summed E-state index contributed by atoms with van der Waals surface area (Å²) < 4.78 is 18.6. The lowest BCUT2D eigenvalue weighted by Gasteiger charge is -2.11. The van der Waals surface area contributed by atoms with Crippen LogP contribution in [0.1, 0.15) is 18.6 Å². The second-order valence-corrected chi connectivity index (χ2v) is 3.45. The molecule has 2 nitrogen and oxygen atoms in total. The van der Waals surface area contributed by atoms with E-state index in [1.54, 1.807) is 0 Å². The lowest BCUT2D eigenvalue weighted by atomic mass is 10.1. The summed E-state index contributed by atoms with van der Waals surface area (Å²) in [5.74, 6) is 0.0694. The molecule has 0 amide bonds. The molecule has 0 bridgehead atoms. The molecule has 0 saturated carbocycles. The van der Waals surface area contributed by atoms with Gasteiger partial charge in [-0.3, -0.25) is 0 Å². The van der Waals surface area contributed by atoms with Gasteiger partial charge < -0.3 is 9.84 Å². The topological polar surface area (TPSA) is 29.5 Å². The summed E-state index contributed by atoms with van der Waals surface area (Å²) >= 11 is 3.17. The lowest BCUT2D eigenvalue weighted by molar-refractivity contribution is 0.192. The van der Waals surface area contributed by atoms with Gasteiger partial charge in [0.1, 0.15) is 11.6 Å². The maximum atomic E-state index is 13.2. The van der Waals surface area contributed by atoms with Crippen LogP contribution in [0.2, 0.25) is 0 Å². The fraction of sp³-hybridized carbons (Fsp3) is 0.333. The number of hydrogen-bond donors (Lipinski definition) is 1. The van der Waals surface area contributed by atoms with Crippen molar-refractivity contribution in [3.8, 4) is 5.75 Å². The molecule has 0 radical (unpaired) electrons. The number of methoxy groups -OCH3 is 1. The van der Waals surface area contributed by atoms with Crippen LogP contribution in [0, 0.1) is 5.82 Å². The van der Waals surface area contributed by atoms with E-state index in [4.69, 9.17) is 4.74 Å². The van der Waals surface area contributed by atoms with E-state index in [2.05, 4.69) is 15.9 Å². The lowest BCUT2D eigenvalue weighted by Crippen LogP contribution is -1.99. The number of benzene rings is 1. The minimum Gasteiger partial charge on any atom is -0.496 e. The first-order valence-electron chi connectivity index (χ1n) is 3.78. The minimum absolute atomic E-state index is 0.222. The van der Waals surface area contributed by atoms with E-state index in [-0.39, 0.29) is 5.56 Å². The van der Waals surface area contributed by atoms with Gasteiger partial charge in [0.2, 0.25) is 0 Å². The summed E-state index contributed by atoms with van der Waals surface area (Å²) in [6.45, 7) is 1.50. The summed E-state index contributed by atoms with van der Waals surface area (Å²) in [4.78, 5) is 0. The van der Waals surface area contributed by atoms with Crippen LogP contribution in [0.4, 0.5) is 4.39 Å². The highest BCUT2D eigenvalue weighted by atomic mass is 79.9. The van der Waals surface area contributed by atoms with Crippen molar-refractivity contribution in [2.24, 2.45) is 0 Å². The highest BCUT2D eigenvalue weighted by Gasteiger charge is 2.15. The molecule has 1 unspecified atom stereocenters. The van der Waals surface area contributed by atoms with E-state index in [1.165, 1.54) is 26.2 Å². The Bertz CT molecular complexity index is 313. The molecular formula is C9H10BrFO2. The first kappa shape index (κ1) is 10.5. The Morgan fingerprint density at radius 3 is 2.62 bits per heavy atom. The first-order chi connectivity index (χ1) is 6.07. The van der Waals surface area contributed by atoms with E-state index < -0.39 is 11.9 Å². The molecule has 1 aromatic rings. The van der Waals surface area contributed by atoms with Crippen LogP contribution in [0.25, 0.3) is 0 Å². The van der Waals surface area contributed by atoms with E-state index in [1.807, 2.05) is 0 Å². The van der Waals surface area contributed by atoms with Crippen LogP contribution in [-0.2, 0) is 0 Å². The standard InChI is InChI=1S/C9H10BrFO2/c1-5(12)8-6(11)3-4-7(13-2)9(8)10/h3-5,12H,1-2H3. The van der Waals surface area contributed by atoms with Crippen molar-refractivity contribution in [3.63, 3.8) is 0 Å². The van der Waals surface area contributed by atoms with Gasteiger partial charge in [-0.05, 0) is 35.0 Å². The average molecular weight is 249 g/mol. The smallest absolute Gasteiger partial charge is 0.133 e. The molecule has 72 valence electrons. The molecule has 0 aliphatic heterocycles. The van der Waals surface area contributed by atoms with E-state index in [9.17, 15) is 9.50 Å². The van der Waals surface area contributed by atoms with Crippen molar-refractivity contribution in [1.82, 2.24) is 0 Å². The molecule has 1 rings (SSSR count). The predicted octanol–water partition coefficient (Wildman–Crippen LogP) is 2.65. The van der Waals surface area contributed by atoms with Crippen LogP contribution in [0.3, 0.4) is 0 Å². The third-order valence-corrected chi connectivity index (χ3v) is 2.55. The van der Waals surface area contributed by atoms with Crippen molar-refractivity contribution in [2.75, 3.05) is 7.11 Å². The molecule has 4 heteroatoms. The highest BCUT2D eigenvalue weighted by molar-refractivity contribution is 9.10. The van der Waals surface area contributed by atoms with Crippen molar-refractivity contribution < 1.29 is 14.2 Å². The van der Waals surface area contributed by atoms with Crippen LogP contribution in [0.15, 0.2) is 16.6 Å².